The first kappa shape index (κ1) is 22.4. The summed E-state index contributed by atoms with van der Waals surface area (Å²) < 4.78 is 25.0. The van der Waals surface area contributed by atoms with E-state index in [1.165, 1.54) is 28.4 Å². The van der Waals surface area contributed by atoms with Crippen LogP contribution in [0.5, 0.6) is 11.5 Å². The number of rotatable bonds is 6. The lowest BCUT2D eigenvalue weighted by Crippen LogP contribution is -2.62. The van der Waals surface area contributed by atoms with Crippen LogP contribution >= 0.6 is 11.3 Å². The van der Waals surface area contributed by atoms with Crippen LogP contribution in [0.3, 0.4) is 0 Å². The summed E-state index contributed by atoms with van der Waals surface area (Å²) >= 11 is 1.29. The minimum absolute atomic E-state index is 0.0825. The van der Waals surface area contributed by atoms with Gasteiger partial charge in [-0.15, -0.1) is 11.3 Å². The van der Waals surface area contributed by atoms with Crippen LogP contribution in [0.4, 0.5) is 10.1 Å². The Bertz CT molecular complexity index is 1190. The topological polar surface area (TPSA) is 81.9 Å². The van der Waals surface area contributed by atoms with Gasteiger partial charge in [-0.1, -0.05) is 37.5 Å². The minimum Gasteiger partial charge on any atom is -0.454 e. The normalized spacial score (nSPS) is 17.2. The number of thiophene rings is 1. The van der Waals surface area contributed by atoms with Crippen molar-refractivity contribution in [2.75, 3.05) is 11.7 Å². The fourth-order valence-corrected chi connectivity index (χ4v) is 5.89. The Morgan fingerprint density at radius 1 is 1.00 bits per heavy atom. The molecular formula is C26H25FN2O4S. The predicted octanol–water partition coefficient (Wildman–Crippen LogP) is 5.22. The van der Waals surface area contributed by atoms with Crippen LogP contribution in [0, 0.1) is 11.7 Å². The maximum atomic E-state index is 14.1. The summed E-state index contributed by atoms with van der Waals surface area (Å²) in [5.74, 6) is -0.598. The van der Waals surface area contributed by atoms with Crippen LogP contribution in [0.15, 0.2) is 60.0 Å². The van der Waals surface area contributed by atoms with Gasteiger partial charge in [-0.25, -0.2) is 4.39 Å². The molecule has 2 aromatic carbocycles. The van der Waals surface area contributed by atoms with E-state index >= 15 is 0 Å². The predicted molar refractivity (Wildman–Crippen MR) is 128 cm³/mol. The molecular weight excluding hydrogens is 455 g/mol. The molecule has 1 unspecified atom stereocenters. The van der Waals surface area contributed by atoms with E-state index in [9.17, 15) is 14.0 Å². The Labute approximate surface area is 201 Å². The van der Waals surface area contributed by atoms with Gasteiger partial charge in [0.15, 0.2) is 17.0 Å². The molecule has 1 aliphatic carbocycles. The Kier molecular flexibility index (Phi) is 6.00. The number of primary amides is 1. The number of anilines is 1. The van der Waals surface area contributed by atoms with Gasteiger partial charge in [-0.05, 0) is 60.0 Å². The van der Waals surface area contributed by atoms with Gasteiger partial charge < -0.3 is 15.2 Å². The molecule has 34 heavy (non-hydrogen) atoms. The fraction of sp³-hybridized carbons (Fsp3) is 0.308. The first-order chi connectivity index (χ1) is 16.5. The lowest BCUT2D eigenvalue weighted by Gasteiger charge is -2.48. The molecule has 5 rings (SSSR count). The molecule has 1 saturated carbocycles. The first-order valence-corrected chi connectivity index (χ1v) is 12.2. The van der Waals surface area contributed by atoms with E-state index < -0.39 is 17.3 Å². The first-order valence-electron chi connectivity index (χ1n) is 11.4. The Hall–Kier alpha value is -3.39. The smallest absolute Gasteiger partial charge is 0.269 e. The molecule has 6 nitrogen and oxygen atoms in total. The number of ether oxygens (including phenoxy) is 2. The number of carbonyl (C=O) groups is 2. The van der Waals surface area contributed by atoms with Gasteiger partial charge >= 0.3 is 0 Å². The fourth-order valence-electron chi connectivity index (χ4n) is 5.24. The zero-order valence-electron chi connectivity index (χ0n) is 18.5. The maximum absolute atomic E-state index is 14.1. The van der Waals surface area contributed by atoms with Crippen molar-refractivity contribution in [2.45, 2.75) is 37.6 Å². The van der Waals surface area contributed by atoms with Crippen molar-refractivity contribution in [3.8, 4) is 11.5 Å². The molecule has 0 saturated heterocycles. The second kappa shape index (κ2) is 9.10. The molecule has 2 heterocycles. The maximum Gasteiger partial charge on any atom is 0.269 e. The number of halogens is 1. The van der Waals surface area contributed by atoms with Crippen molar-refractivity contribution in [2.24, 2.45) is 11.7 Å². The summed E-state index contributed by atoms with van der Waals surface area (Å²) in [4.78, 5) is 29.7. The van der Waals surface area contributed by atoms with Gasteiger partial charge in [0.2, 0.25) is 12.7 Å². The summed E-state index contributed by atoms with van der Waals surface area (Å²) in [5.41, 5.74) is 5.69. The van der Waals surface area contributed by atoms with Crippen molar-refractivity contribution in [1.82, 2.24) is 0 Å². The molecule has 1 atom stereocenters. The number of carbonyl (C=O) groups excluding carboxylic acids is 2. The molecule has 2 amide bonds. The Morgan fingerprint density at radius 2 is 1.74 bits per heavy atom. The number of hydrogen-bond donors (Lipinski definition) is 1. The quantitative estimate of drug-likeness (QED) is 0.524. The summed E-state index contributed by atoms with van der Waals surface area (Å²) in [5, 5.41) is 1.81. The van der Waals surface area contributed by atoms with Crippen LogP contribution in [0.25, 0.3) is 0 Å². The molecule has 176 valence electrons. The molecule has 2 N–H and O–H groups in total. The third-order valence-corrected chi connectivity index (χ3v) is 7.62. The second-order valence-corrected chi connectivity index (χ2v) is 9.58. The highest BCUT2D eigenvalue weighted by Gasteiger charge is 2.53. The molecule has 0 spiro atoms. The van der Waals surface area contributed by atoms with Gasteiger partial charge in [0.25, 0.3) is 5.91 Å². The van der Waals surface area contributed by atoms with E-state index in [-0.39, 0.29) is 18.6 Å². The van der Waals surface area contributed by atoms with E-state index in [0.717, 1.165) is 32.1 Å². The van der Waals surface area contributed by atoms with E-state index in [0.29, 0.717) is 27.6 Å². The number of nitrogens with zero attached hydrogens (tertiary/aromatic N) is 1. The van der Waals surface area contributed by atoms with Crippen LogP contribution in [-0.2, 0) is 10.3 Å². The van der Waals surface area contributed by atoms with Gasteiger partial charge in [-0.2, -0.15) is 0 Å². The highest BCUT2D eigenvalue weighted by molar-refractivity contribution is 7.12. The van der Waals surface area contributed by atoms with Crippen molar-refractivity contribution in [3.63, 3.8) is 0 Å². The number of amides is 2. The van der Waals surface area contributed by atoms with Crippen molar-refractivity contribution < 1.29 is 23.5 Å². The van der Waals surface area contributed by atoms with Crippen LogP contribution in [0.1, 0.15) is 47.3 Å². The van der Waals surface area contributed by atoms with Crippen molar-refractivity contribution in [3.05, 3.63) is 76.2 Å². The number of fused-ring (bicyclic) bond motifs is 1. The molecule has 1 aliphatic heterocycles. The molecule has 0 radical (unpaired) electrons. The molecule has 3 aromatic rings. The SMILES string of the molecule is NC(=O)C(c1ccc(F)cc1)(C1CCCCC1)N(C(=O)c1cccs1)c1ccc2c(c1)OCO2. The van der Waals surface area contributed by atoms with E-state index in [2.05, 4.69) is 0 Å². The van der Waals surface area contributed by atoms with Gasteiger partial charge in [0.1, 0.15) is 5.82 Å². The third kappa shape index (κ3) is 3.72. The zero-order valence-corrected chi connectivity index (χ0v) is 19.4. The Balaban J connectivity index is 1.78. The Morgan fingerprint density at radius 3 is 2.41 bits per heavy atom. The monoisotopic (exact) mass is 480 g/mol. The molecule has 1 fully saturated rings. The third-order valence-electron chi connectivity index (χ3n) is 6.76. The van der Waals surface area contributed by atoms with Crippen LogP contribution < -0.4 is 20.1 Å². The van der Waals surface area contributed by atoms with Gasteiger partial charge in [0.05, 0.1) is 4.88 Å². The molecule has 2 aliphatic rings. The van der Waals surface area contributed by atoms with Gasteiger partial charge in [0, 0.05) is 11.8 Å². The number of benzene rings is 2. The van der Waals surface area contributed by atoms with E-state index in [4.69, 9.17) is 15.2 Å². The lowest BCUT2D eigenvalue weighted by molar-refractivity contribution is -0.126. The summed E-state index contributed by atoms with van der Waals surface area (Å²) in [6.45, 7) is 0.0825. The highest BCUT2D eigenvalue weighted by atomic mass is 32.1. The average Bonchev–Trinajstić information content (AvgIpc) is 3.55. The number of nitrogens with two attached hydrogens (primary N) is 1. The van der Waals surface area contributed by atoms with E-state index in [1.54, 1.807) is 42.5 Å². The van der Waals surface area contributed by atoms with E-state index in [1.807, 2.05) is 5.38 Å². The lowest BCUT2D eigenvalue weighted by atomic mass is 9.69. The van der Waals surface area contributed by atoms with Crippen molar-refractivity contribution in [1.29, 1.82) is 0 Å². The standard InChI is InChI=1S/C26H25FN2O4S/c27-19-10-8-18(9-11-19)26(25(28)31,17-5-2-1-3-6-17)29(24(30)23-7-4-14-34-23)20-12-13-21-22(15-20)33-16-32-21/h4,7-15,17H,1-3,5-6,16H2,(H2,28,31). The largest absolute Gasteiger partial charge is 0.454 e. The summed E-state index contributed by atoms with van der Waals surface area (Å²) in [6.07, 6.45) is 4.34. The van der Waals surface area contributed by atoms with Crippen molar-refractivity contribution >= 4 is 28.8 Å². The van der Waals surface area contributed by atoms with Crippen LogP contribution in [0.2, 0.25) is 0 Å². The second-order valence-electron chi connectivity index (χ2n) is 8.63. The van der Waals surface area contributed by atoms with Crippen LogP contribution in [-0.4, -0.2) is 18.6 Å². The minimum atomic E-state index is -1.51. The molecule has 8 heteroatoms. The highest BCUT2D eigenvalue weighted by Crippen LogP contribution is 2.48. The summed E-state index contributed by atoms with van der Waals surface area (Å²) in [6, 6.07) is 14.4. The number of hydrogen-bond acceptors (Lipinski definition) is 5. The van der Waals surface area contributed by atoms with Gasteiger partial charge in [-0.3, -0.25) is 14.5 Å². The molecule has 1 aromatic heterocycles. The molecule has 0 bridgehead atoms. The average molecular weight is 481 g/mol. The zero-order chi connectivity index (χ0) is 23.7. The summed E-state index contributed by atoms with van der Waals surface area (Å²) in [7, 11) is 0.